The minimum absolute atomic E-state index is 0.0681. The van der Waals surface area contributed by atoms with Crippen molar-refractivity contribution in [2.24, 2.45) is 5.92 Å². The molecular formula is C88H117NO13. The monoisotopic (exact) mass is 1400 g/mol. The molecule has 0 spiro atoms. The van der Waals surface area contributed by atoms with Gasteiger partial charge in [0.25, 0.3) is 0 Å². The van der Waals surface area contributed by atoms with Gasteiger partial charge in [-0.25, -0.2) is 4.79 Å². The average Bonchev–Trinajstić information content (AvgIpc) is 0.788. The number of hydrogen-bond donors (Lipinski definition) is 1. The molecule has 14 heteroatoms. The van der Waals surface area contributed by atoms with Crippen molar-refractivity contribution < 1.29 is 61.7 Å². The van der Waals surface area contributed by atoms with Gasteiger partial charge in [-0.3, -0.25) is 4.79 Å². The number of methoxy groups -OCH3 is 2. The highest BCUT2D eigenvalue weighted by Gasteiger charge is 2.50. The normalized spacial score (nSPS) is 16.8. The van der Waals surface area contributed by atoms with E-state index in [4.69, 9.17) is 52.1 Å². The maximum Gasteiger partial charge on any atom is 0.407 e. The fourth-order valence-electron chi connectivity index (χ4n) is 13.2. The smallest absolute Gasteiger partial charge is 0.407 e. The van der Waals surface area contributed by atoms with Gasteiger partial charge in [-0.2, -0.15) is 0 Å². The van der Waals surface area contributed by atoms with Gasteiger partial charge in [0.1, 0.15) is 48.3 Å². The maximum absolute atomic E-state index is 15.1. The minimum Gasteiger partial charge on any atom is -0.497 e. The van der Waals surface area contributed by atoms with Crippen molar-refractivity contribution in [3.63, 3.8) is 0 Å². The van der Waals surface area contributed by atoms with Crippen LogP contribution in [0.1, 0.15) is 194 Å². The number of carbonyl (C=O) groups excluding carboxylic acids is 2. The zero-order chi connectivity index (χ0) is 71.1. The fraction of sp³-hybridized carbons (Fsp3) is 0.500. The van der Waals surface area contributed by atoms with Gasteiger partial charge in [0.2, 0.25) is 0 Å². The Balaban J connectivity index is 1.06. The largest absolute Gasteiger partial charge is 0.497 e. The molecule has 0 saturated carbocycles. The first kappa shape index (κ1) is 80.4. The van der Waals surface area contributed by atoms with Crippen molar-refractivity contribution in [3.8, 4) is 11.5 Å². The Morgan fingerprint density at radius 1 is 0.412 bits per heavy atom. The second-order valence-electron chi connectivity index (χ2n) is 27.2. The standard InChI is InChI=1S/C88H117NO13/c1-4-5-6-7-8-9-10-11-12-16-19-37-50-81(95-62-75-51-55-79(92-2)56-52-75)83(96-66-76-53-57-80(93-3)58-54-76)77(60-78(90)49-36-18-15-13-14-17-20-38-59-89-88(91)101-67-74-47-34-25-35-48-74)68-100-87-86(99-65-73-45-32-24-33-46-73)85(98-64-72-43-30-23-31-44-72)84(97-63-71-41-28-22-29-42-71)82(102-87)69-94-61-70-39-26-21-27-40-70/h21-35,39-48,51-58,77,81-87H,4-20,36-38,49-50,59-69H2,1-3H3,(H,89,91)/t77-,81+,82?,83-,84-,85-,86+,87-/m0/s1. The first-order valence-electron chi connectivity index (χ1n) is 38.1. The molecule has 1 saturated heterocycles. The molecule has 1 heterocycles. The molecule has 102 heavy (non-hydrogen) atoms. The van der Waals surface area contributed by atoms with Crippen molar-refractivity contribution in [2.75, 3.05) is 34.0 Å². The molecule has 7 aromatic carbocycles. The fourth-order valence-corrected chi connectivity index (χ4v) is 13.2. The summed E-state index contributed by atoms with van der Waals surface area (Å²) in [5.74, 6) is 1.16. The van der Waals surface area contributed by atoms with Gasteiger partial charge in [-0.1, -0.05) is 298 Å². The lowest BCUT2D eigenvalue weighted by atomic mass is 9.89. The van der Waals surface area contributed by atoms with Crippen LogP contribution < -0.4 is 14.8 Å². The van der Waals surface area contributed by atoms with Crippen LogP contribution in [0.25, 0.3) is 0 Å². The van der Waals surface area contributed by atoms with Crippen LogP contribution in [0.2, 0.25) is 0 Å². The molecule has 1 unspecified atom stereocenters. The molecule has 1 fully saturated rings. The topological polar surface area (TPSA) is 148 Å². The predicted molar refractivity (Wildman–Crippen MR) is 404 cm³/mol. The lowest BCUT2D eigenvalue weighted by Gasteiger charge is -2.46. The van der Waals surface area contributed by atoms with Gasteiger partial charge in [0.15, 0.2) is 6.29 Å². The van der Waals surface area contributed by atoms with Crippen molar-refractivity contribution >= 4 is 11.9 Å². The SMILES string of the molecule is CCCCCCCCCCCCCC[C@@H](OCc1ccc(OC)cc1)[C@@H](OCc1ccc(OC)cc1)[C@H](CO[C@H]1OC(COCc2ccccc2)[C@H](OCc2ccccc2)[C@H](OCc2ccccc2)[C@H]1OCc1ccccc1)CC(=O)CCCCCCCCCCNC(=O)OCc1ccccc1. The van der Waals surface area contributed by atoms with Crippen LogP contribution in [0.3, 0.4) is 0 Å². The van der Waals surface area contributed by atoms with Crippen molar-refractivity contribution in [1.29, 1.82) is 0 Å². The second kappa shape index (κ2) is 49.4. The van der Waals surface area contributed by atoms with Crippen LogP contribution in [-0.2, 0) is 93.7 Å². The van der Waals surface area contributed by atoms with E-state index in [-0.39, 0.29) is 64.5 Å². The predicted octanol–water partition coefficient (Wildman–Crippen LogP) is 20.0. The summed E-state index contributed by atoms with van der Waals surface area (Å²) >= 11 is 0. The third kappa shape index (κ3) is 31.4. The molecule has 0 radical (unpaired) electrons. The van der Waals surface area contributed by atoms with Gasteiger partial charge in [-0.15, -0.1) is 0 Å². The number of carbonyl (C=O) groups is 2. The summed E-state index contributed by atoms with van der Waals surface area (Å²) in [6.07, 6.45) is 18.5. The van der Waals surface area contributed by atoms with E-state index >= 15 is 4.79 Å². The number of rotatable bonds is 54. The summed E-state index contributed by atoms with van der Waals surface area (Å²) in [5, 5.41) is 2.89. The summed E-state index contributed by atoms with van der Waals surface area (Å²) in [4.78, 5) is 27.4. The third-order valence-electron chi connectivity index (χ3n) is 19.1. The first-order chi connectivity index (χ1) is 50.3. The summed E-state index contributed by atoms with van der Waals surface area (Å²) in [6, 6.07) is 66.3. The second-order valence-corrected chi connectivity index (χ2v) is 27.2. The maximum atomic E-state index is 15.1. The molecule has 8 rings (SSSR count). The van der Waals surface area contributed by atoms with E-state index in [1.165, 1.54) is 57.8 Å². The number of benzene rings is 7. The Morgan fingerprint density at radius 3 is 1.31 bits per heavy atom. The molecule has 1 aliphatic rings. The summed E-state index contributed by atoms with van der Waals surface area (Å²) in [6.45, 7) is 5.07. The highest BCUT2D eigenvalue weighted by molar-refractivity contribution is 5.78. The Labute approximate surface area is 610 Å². The number of amides is 1. The summed E-state index contributed by atoms with van der Waals surface area (Å²) in [5.41, 5.74) is 6.92. The van der Waals surface area contributed by atoms with Gasteiger partial charge in [0.05, 0.1) is 79.3 Å². The highest BCUT2D eigenvalue weighted by Crippen LogP contribution is 2.35. The van der Waals surface area contributed by atoms with E-state index in [2.05, 4.69) is 60.8 Å². The van der Waals surface area contributed by atoms with Crippen LogP contribution in [0.15, 0.2) is 200 Å². The van der Waals surface area contributed by atoms with Crippen molar-refractivity contribution in [1.82, 2.24) is 5.32 Å². The quantitative estimate of drug-likeness (QED) is 0.0361. The average molecular weight is 1400 g/mol. The van der Waals surface area contributed by atoms with Crippen LogP contribution in [0, 0.1) is 5.92 Å². The molecule has 1 amide bonds. The Bertz CT molecular complexity index is 3240. The van der Waals surface area contributed by atoms with Gasteiger partial charge in [-0.05, 0) is 82.5 Å². The number of hydrogen-bond acceptors (Lipinski definition) is 13. The number of Topliss-reactive ketones (excluding diaryl/α,β-unsaturated/α-hetero) is 1. The van der Waals surface area contributed by atoms with E-state index in [1.807, 2.05) is 152 Å². The molecule has 1 aliphatic heterocycles. The molecule has 0 aliphatic carbocycles. The number of alkyl carbamates (subject to hydrolysis) is 1. The molecule has 0 aromatic heterocycles. The molecule has 8 atom stereocenters. The number of unbranched alkanes of at least 4 members (excludes halogenated alkanes) is 18. The van der Waals surface area contributed by atoms with Crippen LogP contribution in [0.4, 0.5) is 4.79 Å². The zero-order valence-electron chi connectivity index (χ0n) is 61.3. The van der Waals surface area contributed by atoms with Crippen molar-refractivity contribution in [3.05, 3.63) is 239 Å². The molecule has 14 nitrogen and oxygen atoms in total. The van der Waals surface area contributed by atoms with Gasteiger partial charge >= 0.3 is 6.09 Å². The Morgan fingerprint density at radius 2 is 0.824 bits per heavy atom. The Hall–Kier alpha value is -7.24. The number of nitrogens with one attached hydrogen (secondary N) is 1. The molecular weight excluding hydrogens is 1280 g/mol. The number of ketones is 1. The van der Waals surface area contributed by atoms with Crippen LogP contribution >= 0.6 is 0 Å². The van der Waals surface area contributed by atoms with E-state index in [0.29, 0.717) is 32.6 Å². The highest BCUT2D eigenvalue weighted by atomic mass is 16.7. The molecule has 552 valence electrons. The van der Waals surface area contributed by atoms with Crippen molar-refractivity contribution in [2.45, 2.75) is 244 Å². The molecule has 1 N–H and O–H groups in total. The first-order valence-corrected chi connectivity index (χ1v) is 38.1. The van der Waals surface area contributed by atoms with E-state index in [0.717, 1.165) is 121 Å². The Kier molecular flexibility index (Phi) is 39.0. The van der Waals surface area contributed by atoms with Gasteiger partial charge in [0, 0.05) is 25.3 Å². The number of ether oxygens (including phenoxy) is 11. The van der Waals surface area contributed by atoms with E-state index in [9.17, 15) is 4.79 Å². The van der Waals surface area contributed by atoms with E-state index < -0.39 is 48.8 Å². The van der Waals surface area contributed by atoms with E-state index in [1.54, 1.807) is 14.2 Å². The van der Waals surface area contributed by atoms with Crippen LogP contribution in [0.5, 0.6) is 11.5 Å². The molecule has 0 bridgehead atoms. The summed E-state index contributed by atoms with van der Waals surface area (Å²) in [7, 11) is 3.35. The third-order valence-corrected chi connectivity index (χ3v) is 19.1. The lowest BCUT2D eigenvalue weighted by molar-refractivity contribution is -0.331. The minimum atomic E-state index is -1.02. The summed E-state index contributed by atoms with van der Waals surface area (Å²) < 4.78 is 73.9. The van der Waals surface area contributed by atoms with Crippen LogP contribution in [-0.4, -0.2) is 88.8 Å². The lowest BCUT2D eigenvalue weighted by Crippen LogP contribution is -2.62. The zero-order valence-corrected chi connectivity index (χ0v) is 61.3. The molecule has 7 aromatic rings. The van der Waals surface area contributed by atoms with Gasteiger partial charge < -0.3 is 57.4 Å².